The zero-order chi connectivity index (χ0) is 9.42. The first-order valence-corrected chi connectivity index (χ1v) is 4.36. The van der Waals surface area contributed by atoms with Gasteiger partial charge in [0.2, 0.25) is 0 Å². The molecule has 0 amide bonds. The number of aromatic nitrogens is 1. The van der Waals surface area contributed by atoms with Crippen LogP contribution < -0.4 is 5.73 Å². The second kappa shape index (κ2) is 2.89. The van der Waals surface area contributed by atoms with Gasteiger partial charge in [-0.3, -0.25) is 4.98 Å². The van der Waals surface area contributed by atoms with E-state index in [-0.39, 0.29) is 0 Å². The van der Waals surface area contributed by atoms with Crippen molar-refractivity contribution in [3.05, 3.63) is 35.1 Å². The molecule has 0 spiro atoms. The van der Waals surface area contributed by atoms with Gasteiger partial charge in [0.25, 0.3) is 0 Å². The average molecular weight is 193 g/mol. The lowest BCUT2D eigenvalue weighted by atomic mass is 10.1. The number of pyridine rings is 1. The van der Waals surface area contributed by atoms with Crippen LogP contribution in [-0.2, 0) is 0 Å². The Bertz CT molecular complexity index is 466. The molecule has 0 aliphatic heterocycles. The third kappa shape index (κ3) is 1.23. The van der Waals surface area contributed by atoms with Crippen molar-refractivity contribution < 1.29 is 0 Å². The molecule has 0 saturated carbocycles. The van der Waals surface area contributed by atoms with Gasteiger partial charge in [-0.25, -0.2) is 0 Å². The Morgan fingerprint density at radius 2 is 2.08 bits per heavy atom. The Hall–Kier alpha value is -1.28. The van der Waals surface area contributed by atoms with Crippen LogP contribution in [0.5, 0.6) is 0 Å². The SMILES string of the molecule is Cc1c(Cl)ccc2cncc(N)c12. The molecule has 0 bridgehead atoms. The summed E-state index contributed by atoms with van der Waals surface area (Å²) in [6.07, 6.45) is 3.43. The number of halogens is 1. The van der Waals surface area contributed by atoms with Crippen molar-refractivity contribution in [2.45, 2.75) is 6.92 Å². The molecule has 0 aliphatic carbocycles. The van der Waals surface area contributed by atoms with E-state index in [2.05, 4.69) is 4.98 Å². The smallest absolute Gasteiger partial charge is 0.0583 e. The maximum atomic E-state index is 5.98. The molecular weight excluding hydrogens is 184 g/mol. The minimum Gasteiger partial charge on any atom is -0.397 e. The number of fused-ring (bicyclic) bond motifs is 1. The highest BCUT2D eigenvalue weighted by Crippen LogP contribution is 2.28. The largest absolute Gasteiger partial charge is 0.397 e. The van der Waals surface area contributed by atoms with Crippen molar-refractivity contribution in [3.63, 3.8) is 0 Å². The van der Waals surface area contributed by atoms with Gasteiger partial charge in [0, 0.05) is 22.0 Å². The van der Waals surface area contributed by atoms with Crippen LogP contribution in [0.2, 0.25) is 5.02 Å². The second-order valence-electron chi connectivity index (χ2n) is 3.00. The van der Waals surface area contributed by atoms with Gasteiger partial charge >= 0.3 is 0 Å². The van der Waals surface area contributed by atoms with Crippen LogP contribution in [0, 0.1) is 6.92 Å². The average Bonchev–Trinajstić information content (AvgIpc) is 2.12. The van der Waals surface area contributed by atoms with Crippen molar-refractivity contribution in [1.82, 2.24) is 4.98 Å². The molecule has 1 aromatic carbocycles. The van der Waals surface area contributed by atoms with Gasteiger partial charge in [-0.1, -0.05) is 17.7 Å². The Labute approximate surface area is 81.3 Å². The molecule has 0 fully saturated rings. The van der Waals surface area contributed by atoms with Gasteiger partial charge in [-0.15, -0.1) is 0 Å². The van der Waals surface area contributed by atoms with Crippen molar-refractivity contribution in [2.75, 3.05) is 5.73 Å². The van der Waals surface area contributed by atoms with Crippen molar-refractivity contribution in [1.29, 1.82) is 0 Å². The lowest BCUT2D eigenvalue weighted by Gasteiger charge is -2.05. The molecule has 2 aromatic rings. The monoisotopic (exact) mass is 192 g/mol. The lowest BCUT2D eigenvalue weighted by Crippen LogP contribution is -1.91. The van der Waals surface area contributed by atoms with E-state index in [0.29, 0.717) is 5.69 Å². The fourth-order valence-electron chi connectivity index (χ4n) is 1.46. The lowest BCUT2D eigenvalue weighted by molar-refractivity contribution is 1.36. The number of benzene rings is 1. The van der Waals surface area contributed by atoms with E-state index in [0.717, 1.165) is 21.4 Å². The summed E-state index contributed by atoms with van der Waals surface area (Å²) in [5, 5.41) is 2.77. The van der Waals surface area contributed by atoms with E-state index in [4.69, 9.17) is 17.3 Å². The Kier molecular flexibility index (Phi) is 1.85. The molecule has 13 heavy (non-hydrogen) atoms. The van der Waals surface area contributed by atoms with Crippen molar-refractivity contribution in [2.24, 2.45) is 0 Å². The number of aryl methyl sites for hydroxylation is 1. The summed E-state index contributed by atoms with van der Waals surface area (Å²) in [5.41, 5.74) is 7.50. The Balaban J connectivity index is 2.97. The second-order valence-corrected chi connectivity index (χ2v) is 3.41. The number of nitrogen functional groups attached to an aromatic ring is 1. The topological polar surface area (TPSA) is 38.9 Å². The van der Waals surface area contributed by atoms with E-state index < -0.39 is 0 Å². The zero-order valence-electron chi connectivity index (χ0n) is 7.21. The highest BCUT2D eigenvalue weighted by molar-refractivity contribution is 6.32. The summed E-state index contributed by atoms with van der Waals surface area (Å²) in [6.45, 7) is 1.96. The van der Waals surface area contributed by atoms with Gasteiger partial charge < -0.3 is 5.73 Å². The molecule has 0 saturated heterocycles. The van der Waals surface area contributed by atoms with Gasteiger partial charge in [-0.05, 0) is 18.6 Å². The van der Waals surface area contributed by atoms with Crippen molar-refractivity contribution >= 4 is 28.1 Å². The van der Waals surface area contributed by atoms with Crippen LogP contribution in [0.3, 0.4) is 0 Å². The van der Waals surface area contributed by atoms with E-state index >= 15 is 0 Å². The van der Waals surface area contributed by atoms with Gasteiger partial charge in [-0.2, -0.15) is 0 Å². The first-order valence-electron chi connectivity index (χ1n) is 3.98. The summed E-state index contributed by atoms with van der Waals surface area (Å²) in [5.74, 6) is 0. The summed E-state index contributed by atoms with van der Waals surface area (Å²) in [6, 6.07) is 3.79. The minimum absolute atomic E-state index is 0.678. The molecule has 3 heteroatoms. The molecule has 0 aliphatic rings. The molecule has 0 radical (unpaired) electrons. The summed E-state index contributed by atoms with van der Waals surface area (Å²) in [7, 11) is 0. The van der Waals surface area contributed by atoms with Crippen LogP contribution >= 0.6 is 11.6 Å². The van der Waals surface area contributed by atoms with E-state index in [1.807, 2.05) is 19.1 Å². The normalized spacial score (nSPS) is 10.6. The Morgan fingerprint density at radius 3 is 2.85 bits per heavy atom. The number of rotatable bonds is 0. The van der Waals surface area contributed by atoms with E-state index in [1.165, 1.54) is 0 Å². The quantitative estimate of drug-likeness (QED) is 0.697. The minimum atomic E-state index is 0.678. The molecule has 66 valence electrons. The summed E-state index contributed by atoms with van der Waals surface area (Å²) in [4.78, 5) is 4.02. The fraction of sp³-hybridized carbons (Fsp3) is 0.100. The maximum Gasteiger partial charge on any atom is 0.0583 e. The Morgan fingerprint density at radius 1 is 1.31 bits per heavy atom. The summed E-state index contributed by atoms with van der Waals surface area (Å²) < 4.78 is 0. The van der Waals surface area contributed by atoms with Crippen LogP contribution in [0.15, 0.2) is 24.5 Å². The molecule has 2 N–H and O–H groups in total. The fourth-order valence-corrected chi connectivity index (χ4v) is 1.62. The first kappa shape index (κ1) is 8.32. The molecule has 1 heterocycles. The predicted octanol–water partition coefficient (Wildman–Crippen LogP) is 2.78. The number of anilines is 1. The molecule has 2 nitrogen and oxygen atoms in total. The zero-order valence-corrected chi connectivity index (χ0v) is 7.97. The van der Waals surface area contributed by atoms with Crippen LogP contribution in [0.25, 0.3) is 10.8 Å². The van der Waals surface area contributed by atoms with Gasteiger partial charge in [0.15, 0.2) is 0 Å². The molecule has 2 rings (SSSR count). The van der Waals surface area contributed by atoms with Crippen LogP contribution in [0.4, 0.5) is 5.69 Å². The molecule has 0 atom stereocenters. The van der Waals surface area contributed by atoms with E-state index in [9.17, 15) is 0 Å². The molecule has 0 unspecified atom stereocenters. The van der Waals surface area contributed by atoms with Gasteiger partial charge in [0.05, 0.1) is 11.9 Å². The van der Waals surface area contributed by atoms with E-state index in [1.54, 1.807) is 12.4 Å². The van der Waals surface area contributed by atoms with Crippen LogP contribution in [-0.4, -0.2) is 4.98 Å². The summed E-state index contributed by atoms with van der Waals surface area (Å²) >= 11 is 5.98. The maximum absolute atomic E-state index is 5.98. The first-order chi connectivity index (χ1) is 6.20. The number of hydrogen-bond acceptors (Lipinski definition) is 2. The molecular formula is C10H9ClN2. The third-order valence-electron chi connectivity index (χ3n) is 2.15. The number of hydrogen-bond donors (Lipinski definition) is 1. The highest BCUT2D eigenvalue weighted by Gasteiger charge is 2.04. The third-order valence-corrected chi connectivity index (χ3v) is 2.56. The number of nitrogens with two attached hydrogens (primary N) is 1. The number of nitrogens with zero attached hydrogens (tertiary/aromatic N) is 1. The van der Waals surface area contributed by atoms with Gasteiger partial charge in [0.1, 0.15) is 0 Å². The predicted molar refractivity (Wildman–Crippen MR) is 55.9 cm³/mol. The molecule has 1 aromatic heterocycles. The van der Waals surface area contributed by atoms with Crippen LogP contribution in [0.1, 0.15) is 5.56 Å². The highest BCUT2D eigenvalue weighted by atomic mass is 35.5. The standard InChI is InChI=1S/C10H9ClN2/c1-6-8(11)3-2-7-4-13-5-9(12)10(6)7/h2-5H,12H2,1H3. The van der Waals surface area contributed by atoms with Crippen molar-refractivity contribution in [3.8, 4) is 0 Å².